The van der Waals surface area contributed by atoms with E-state index in [1.165, 1.54) is 16.2 Å². The Hall–Kier alpha value is -4.79. The summed E-state index contributed by atoms with van der Waals surface area (Å²) in [6.07, 6.45) is 3.42. The lowest BCUT2D eigenvalue weighted by Crippen LogP contribution is -2.25. The van der Waals surface area contributed by atoms with Crippen molar-refractivity contribution in [3.63, 3.8) is 0 Å². The molecule has 4 nitrogen and oxygen atoms in total. The van der Waals surface area contributed by atoms with Crippen LogP contribution in [-0.4, -0.2) is 14.4 Å². The zero-order valence-electron chi connectivity index (χ0n) is 20.9. The third-order valence-electron chi connectivity index (χ3n) is 7.74. The molecule has 3 aromatic heterocycles. The van der Waals surface area contributed by atoms with Crippen LogP contribution in [0.1, 0.15) is 0 Å². The summed E-state index contributed by atoms with van der Waals surface area (Å²) in [4.78, 5) is 9.36. The third kappa shape index (κ3) is 3.16. The summed E-state index contributed by atoms with van der Waals surface area (Å²) in [5, 5.41) is 8.16. The third-order valence-corrected chi connectivity index (χ3v) is 10.8. The van der Waals surface area contributed by atoms with Crippen molar-refractivity contribution in [3.05, 3.63) is 134 Å². The van der Waals surface area contributed by atoms with Crippen molar-refractivity contribution >= 4 is 72.2 Å². The molecule has 3 heterocycles. The molecule has 8 rings (SSSR count). The standard InChI is InChI=1S/C34H22N3OP/c38-39(24-9-2-1-3-10-24,25-18-20-35-21-19-25)26-15-17-30-32(22-26)37-31-13-7-6-12-28(31)29-16-14-23-8-4-5-11-27(23)33(29)34(37)36-30/h1-22H. The van der Waals surface area contributed by atoms with Gasteiger partial charge < -0.3 is 4.57 Å². The first-order valence-electron chi connectivity index (χ1n) is 12.9. The quantitative estimate of drug-likeness (QED) is 0.187. The van der Waals surface area contributed by atoms with Gasteiger partial charge in [0.1, 0.15) is 5.65 Å². The predicted molar refractivity (Wildman–Crippen MR) is 162 cm³/mol. The zero-order chi connectivity index (χ0) is 26.0. The van der Waals surface area contributed by atoms with Gasteiger partial charge in [0.25, 0.3) is 0 Å². The molecule has 1 unspecified atom stereocenters. The molecule has 8 aromatic rings. The number of fused-ring (bicyclic) bond motifs is 10. The van der Waals surface area contributed by atoms with Gasteiger partial charge in [0.05, 0.1) is 16.6 Å². The van der Waals surface area contributed by atoms with Crippen molar-refractivity contribution in [2.45, 2.75) is 0 Å². The normalized spacial score (nSPS) is 13.4. The molecule has 39 heavy (non-hydrogen) atoms. The molecule has 0 N–H and O–H groups in total. The summed E-state index contributed by atoms with van der Waals surface area (Å²) in [5.41, 5.74) is 3.80. The Morgan fingerprint density at radius 3 is 2.13 bits per heavy atom. The van der Waals surface area contributed by atoms with Gasteiger partial charge >= 0.3 is 0 Å². The highest BCUT2D eigenvalue weighted by Gasteiger charge is 2.30. The monoisotopic (exact) mass is 519 g/mol. The molecule has 0 fully saturated rings. The Labute approximate surface area is 224 Å². The van der Waals surface area contributed by atoms with Crippen LogP contribution in [0, 0.1) is 0 Å². The Kier molecular flexibility index (Phi) is 4.76. The van der Waals surface area contributed by atoms with Gasteiger partial charge in [-0.05, 0) is 52.6 Å². The Morgan fingerprint density at radius 2 is 1.28 bits per heavy atom. The molecule has 184 valence electrons. The van der Waals surface area contributed by atoms with E-state index in [2.05, 4.69) is 76.1 Å². The van der Waals surface area contributed by atoms with Crippen LogP contribution in [0.25, 0.3) is 49.1 Å². The van der Waals surface area contributed by atoms with Crippen LogP contribution in [0.4, 0.5) is 0 Å². The molecule has 0 amide bonds. The van der Waals surface area contributed by atoms with Crippen molar-refractivity contribution in [1.82, 2.24) is 14.4 Å². The molecule has 5 heteroatoms. The van der Waals surface area contributed by atoms with Crippen LogP contribution in [0.5, 0.6) is 0 Å². The van der Waals surface area contributed by atoms with E-state index in [4.69, 9.17) is 4.98 Å². The fourth-order valence-electron chi connectivity index (χ4n) is 5.94. The van der Waals surface area contributed by atoms with Crippen molar-refractivity contribution in [2.75, 3.05) is 0 Å². The molecule has 0 aliphatic carbocycles. The lowest BCUT2D eigenvalue weighted by Gasteiger charge is -2.20. The molecule has 0 bridgehead atoms. The maximum absolute atomic E-state index is 15.1. The SMILES string of the molecule is O=P(c1ccccc1)(c1ccncc1)c1ccc2nc3c4c5ccccc5ccc4c4ccccc4n3c2c1. The molecule has 0 aliphatic heterocycles. The van der Waals surface area contributed by atoms with Crippen LogP contribution in [0.3, 0.4) is 0 Å². The predicted octanol–water partition coefficient (Wildman–Crippen LogP) is 6.98. The Bertz CT molecular complexity index is 2210. The average Bonchev–Trinajstić information content (AvgIpc) is 3.40. The lowest BCUT2D eigenvalue weighted by molar-refractivity contribution is 0.592. The number of hydrogen-bond acceptors (Lipinski definition) is 3. The van der Waals surface area contributed by atoms with Gasteiger partial charge in [0.2, 0.25) is 0 Å². The molecule has 0 radical (unpaired) electrons. The summed E-state index contributed by atoms with van der Waals surface area (Å²) in [7, 11) is -3.16. The van der Waals surface area contributed by atoms with Crippen molar-refractivity contribution in [2.24, 2.45) is 0 Å². The Morgan fingerprint density at radius 1 is 0.564 bits per heavy atom. The number of nitrogens with zero attached hydrogens (tertiary/aromatic N) is 3. The maximum Gasteiger partial charge on any atom is 0.171 e. The second-order valence-corrected chi connectivity index (χ2v) is 12.6. The molecular weight excluding hydrogens is 497 g/mol. The fourth-order valence-corrected chi connectivity index (χ4v) is 8.57. The summed E-state index contributed by atoms with van der Waals surface area (Å²) in [5.74, 6) is 0. The van der Waals surface area contributed by atoms with E-state index in [0.717, 1.165) is 48.9 Å². The van der Waals surface area contributed by atoms with Gasteiger partial charge in [-0.15, -0.1) is 0 Å². The van der Waals surface area contributed by atoms with E-state index >= 15 is 4.57 Å². The number of aromatic nitrogens is 3. The van der Waals surface area contributed by atoms with Gasteiger partial charge in [0, 0.05) is 39.1 Å². The summed E-state index contributed by atoms with van der Waals surface area (Å²) < 4.78 is 17.4. The first kappa shape index (κ1) is 22.2. The Balaban J connectivity index is 1.53. The average molecular weight is 520 g/mol. The molecule has 0 aliphatic rings. The van der Waals surface area contributed by atoms with Crippen LogP contribution in [0.2, 0.25) is 0 Å². The topological polar surface area (TPSA) is 47.3 Å². The molecule has 0 spiro atoms. The first-order valence-corrected chi connectivity index (χ1v) is 14.7. The number of imidazole rings is 1. The lowest BCUT2D eigenvalue weighted by atomic mass is 10.00. The highest BCUT2D eigenvalue weighted by molar-refractivity contribution is 7.85. The molecule has 0 saturated heterocycles. The van der Waals surface area contributed by atoms with Crippen molar-refractivity contribution in [3.8, 4) is 0 Å². The largest absolute Gasteiger partial charge is 0.309 e. The van der Waals surface area contributed by atoms with Crippen LogP contribution >= 0.6 is 7.14 Å². The van der Waals surface area contributed by atoms with Crippen LogP contribution < -0.4 is 15.9 Å². The summed E-state index contributed by atoms with van der Waals surface area (Å²) in [6.45, 7) is 0. The maximum atomic E-state index is 15.1. The highest BCUT2D eigenvalue weighted by atomic mass is 31.2. The molecule has 5 aromatic carbocycles. The van der Waals surface area contributed by atoms with Gasteiger partial charge in [-0.2, -0.15) is 0 Å². The van der Waals surface area contributed by atoms with Crippen molar-refractivity contribution < 1.29 is 4.57 Å². The van der Waals surface area contributed by atoms with E-state index in [0.29, 0.717) is 0 Å². The molecule has 0 saturated carbocycles. The van der Waals surface area contributed by atoms with Gasteiger partial charge in [-0.25, -0.2) is 4.98 Å². The van der Waals surface area contributed by atoms with E-state index in [-0.39, 0.29) is 0 Å². The highest BCUT2D eigenvalue weighted by Crippen LogP contribution is 2.43. The number of para-hydroxylation sites is 1. The van der Waals surface area contributed by atoms with Crippen molar-refractivity contribution in [1.29, 1.82) is 0 Å². The zero-order valence-corrected chi connectivity index (χ0v) is 21.8. The van der Waals surface area contributed by atoms with Gasteiger partial charge in [-0.3, -0.25) is 9.38 Å². The van der Waals surface area contributed by atoms with Gasteiger partial charge in [0.15, 0.2) is 7.14 Å². The number of hydrogen-bond donors (Lipinski definition) is 0. The fraction of sp³-hybridized carbons (Fsp3) is 0. The van der Waals surface area contributed by atoms with Crippen LogP contribution in [-0.2, 0) is 4.57 Å². The van der Waals surface area contributed by atoms with Crippen LogP contribution in [0.15, 0.2) is 134 Å². The molecular formula is C34H22N3OP. The smallest absolute Gasteiger partial charge is 0.171 e. The second-order valence-electron chi connectivity index (χ2n) is 9.82. The molecule has 1 atom stereocenters. The number of pyridine rings is 2. The summed E-state index contributed by atoms with van der Waals surface area (Å²) >= 11 is 0. The van der Waals surface area contributed by atoms with E-state index in [1.807, 2.05) is 54.6 Å². The van der Waals surface area contributed by atoms with Gasteiger partial charge in [-0.1, -0.05) is 84.9 Å². The van der Waals surface area contributed by atoms with E-state index in [9.17, 15) is 0 Å². The number of benzene rings is 5. The minimum Gasteiger partial charge on any atom is -0.309 e. The van der Waals surface area contributed by atoms with E-state index in [1.54, 1.807) is 12.4 Å². The first-order chi connectivity index (χ1) is 19.2. The minimum atomic E-state index is -3.16. The summed E-state index contributed by atoms with van der Waals surface area (Å²) in [6, 6.07) is 40.9. The second kappa shape index (κ2) is 8.36. The number of rotatable bonds is 3. The minimum absolute atomic E-state index is 0.762. The van der Waals surface area contributed by atoms with E-state index < -0.39 is 7.14 Å².